The maximum absolute atomic E-state index is 12.0. The van der Waals surface area contributed by atoms with Gasteiger partial charge < -0.3 is 14.2 Å². The minimum atomic E-state index is -0.552. The number of carbonyl (C=O) groups is 2. The average Bonchev–Trinajstić information content (AvgIpc) is 2.48. The Labute approximate surface area is 137 Å². The first-order valence-electron chi connectivity index (χ1n) is 6.75. The van der Waals surface area contributed by atoms with Crippen LogP contribution in [0.2, 0.25) is 0 Å². The molecule has 0 amide bonds. The third kappa shape index (κ3) is 5.14. The van der Waals surface area contributed by atoms with Gasteiger partial charge in [-0.1, -0.05) is 15.9 Å². The van der Waals surface area contributed by atoms with Crippen molar-refractivity contribution in [2.75, 3.05) is 26.9 Å². The van der Waals surface area contributed by atoms with E-state index in [1.54, 1.807) is 32.0 Å². The number of rotatable bonds is 7. The summed E-state index contributed by atoms with van der Waals surface area (Å²) in [5, 5.41) is 0. The summed E-state index contributed by atoms with van der Waals surface area (Å²) >= 11 is 3.33. The zero-order valence-electron chi connectivity index (χ0n) is 12.7. The number of ether oxygens (including phenoxy) is 3. The first kappa shape index (κ1) is 18.2. The molecule has 0 aliphatic carbocycles. The summed E-state index contributed by atoms with van der Waals surface area (Å²) in [5.74, 6) is -0.684. The smallest absolute Gasteiger partial charge is 0.357 e. The number of esters is 2. The van der Waals surface area contributed by atoms with Crippen LogP contribution in [0.15, 0.2) is 27.7 Å². The Morgan fingerprint density at radius 2 is 1.86 bits per heavy atom. The Hall–Kier alpha value is -1.89. The molecule has 7 heteroatoms. The van der Waals surface area contributed by atoms with Gasteiger partial charge in [-0.15, -0.1) is 0 Å². The Bertz CT molecular complexity index is 571. The lowest BCUT2D eigenvalue weighted by atomic mass is 10.1. The van der Waals surface area contributed by atoms with E-state index in [-0.39, 0.29) is 25.5 Å². The summed E-state index contributed by atoms with van der Waals surface area (Å²) in [6, 6.07) is 5.06. The lowest BCUT2D eigenvalue weighted by Gasteiger charge is -2.12. The van der Waals surface area contributed by atoms with Crippen LogP contribution in [0.3, 0.4) is 0 Å². The summed E-state index contributed by atoms with van der Waals surface area (Å²) < 4.78 is 16.0. The van der Waals surface area contributed by atoms with Crippen LogP contribution in [0.5, 0.6) is 5.75 Å². The molecule has 0 bridgehead atoms. The minimum absolute atomic E-state index is 0.127. The van der Waals surface area contributed by atoms with Gasteiger partial charge in [0.2, 0.25) is 0 Å². The van der Waals surface area contributed by atoms with E-state index in [4.69, 9.17) is 14.2 Å². The second-order valence-electron chi connectivity index (χ2n) is 4.03. The quantitative estimate of drug-likeness (QED) is 0.543. The monoisotopic (exact) mass is 371 g/mol. The molecule has 0 aliphatic heterocycles. The molecule has 0 heterocycles. The number of halogens is 1. The lowest BCUT2D eigenvalue weighted by molar-refractivity contribution is -0.145. The van der Waals surface area contributed by atoms with Crippen molar-refractivity contribution in [3.63, 3.8) is 0 Å². The van der Waals surface area contributed by atoms with Crippen LogP contribution >= 0.6 is 15.9 Å². The van der Waals surface area contributed by atoms with Gasteiger partial charge in [0.15, 0.2) is 12.3 Å². The molecule has 6 nitrogen and oxygen atoms in total. The highest BCUT2D eigenvalue weighted by molar-refractivity contribution is 9.10. The zero-order valence-corrected chi connectivity index (χ0v) is 14.3. The van der Waals surface area contributed by atoms with Crippen LogP contribution in [0.1, 0.15) is 19.4 Å². The molecule has 0 saturated carbocycles. The Kier molecular flexibility index (Phi) is 7.59. The number of carbonyl (C=O) groups excluding carboxylic acids is 2. The van der Waals surface area contributed by atoms with Gasteiger partial charge in [0.25, 0.3) is 0 Å². The first-order chi connectivity index (χ1) is 10.5. The van der Waals surface area contributed by atoms with E-state index in [2.05, 4.69) is 20.9 Å². The number of benzene rings is 1. The largest absolute Gasteiger partial charge is 0.481 e. The molecular weight excluding hydrogens is 354 g/mol. The number of aliphatic imine (C=N–C) groups is 1. The SMILES string of the molecule is CCOC(=O)COc1ccc(Br)cc1/C(=N\C)C(=O)OCC. The van der Waals surface area contributed by atoms with E-state index in [9.17, 15) is 9.59 Å². The predicted molar refractivity (Wildman–Crippen MR) is 85.4 cm³/mol. The standard InChI is InChI=1S/C15H18BrNO5/c1-4-20-13(18)9-22-12-7-6-10(16)8-11(12)14(17-3)15(19)21-5-2/h6-8H,4-5,9H2,1-3H3/b17-14+. The van der Waals surface area contributed by atoms with Gasteiger partial charge >= 0.3 is 11.9 Å². The van der Waals surface area contributed by atoms with Gasteiger partial charge in [0.1, 0.15) is 5.75 Å². The molecule has 1 aromatic rings. The van der Waals surface area contributed by atoms with Crippen molar-refractivity contribution in [3.05, 3.63) is 28.2 Å². The van der Waals surface area contributed by atoms with Gasteiger partial charge in [-0.25, -0.2) is 9.59 Å². The molecule has 1 aromatic carbocycles. The molecule has 0 aliphatic rings. The average molecular weight is 372 g/mol. The summed E-state index contributed by atoms with van der Waals surface area (Å²) in [6.45, 7) is 3.70. The molecular formula is C15H18BrNO5. The van der Waals surface area contributed by atoms with Crippen LogP contribution in [-0.2, 0) is 19.1 Å². The Morgan fingerprint density at radius 3 is 2.45 bits per heavy atom. The van der Waals surface area contributed by atoms with Crippen molar-refractivity contribution in [3.8, 4) is 5.75 Å². The normalized spacial score (nSPS) is 11.0. The third-order valence-corrected chi connectivity index (χ3v) is 3.03. The van der Waals surface area contributed by atoms with E-state index in [0.29, 0.717) is 11.3 Å². The molecule has 1 rings (SSSR count). The molecule has 0 atom stereocenters. The highest BCUT2D eigenvalue weighted by Crippen LogP contribution is 2.24. The summed E-state index contributed by atoms with van der Waals surface area (Å²) in [5.41, 5.74) is 0.571. The van der Waals surface area contributed by atoms with Gasteiger partial charge in [0.05, 0.1) is 18.8 Å². The van der Waals surface area contributed by atoms with Crippen LogP contribution in [0.25, 0.3) is 0 Å². The van der Waals surface area contributed by atoms with E-state index < -0.39 is 11.9 Å². The number of nitrogens with zero attached hydrogens (tertiary/aromatic N) is 1. The fourth-order valence-corrected chi connectivity index (χ4v) is 2.03. The molecule has 0 aromatic heterocycles. The van der Waals surface area contributed by atoms with Crippen molar-refractivity contribution < 1.29 is 23.8 Å². The maximum Gasteiger partial charge on any atom is 0.357 e. The summed E-state index contributed by atoms with van der Waals surface area (Å²) in [4.78, 5) is 27.3. The summed E-state index contributed by atoms with van der Waals surface area (Å²) in [7, 11) is 1.49. The van der Waals surface area contributed by atoms with Gasteiger partial charge in [0, 0.05) is 11.5 Å². The van der Waals surface area contributed by atoms with Crippen molar-refractivity contribution >= 4 is 33.6 Å². The predicted octanol–water partition coefficient (Wildman–Crippen LogP) is 2.37. The highest BCUT2D eigenvalue weighted by atomic mass is 79.9. The Balaban J connectivity index is 3.04. The van der Waals surface area contributed by atoms with Crippen LogP contribution in [0.4, 0.5) is 0 Å². The Morgan fingerprint density at radius 1 is 1.18 bits per heavy atom. The molecule has 0 spiro atoms. The molecule has 0 unspecified atom stereocenters. The fraction of sp³-hybridized carbons (Fsp3) is 0.400. The summed E-state index contributed by atoms with van der Waals surface area (Å²) in [6.07, 6.45) is 0. The van der Waals surface area contributed by atoms with Gasteiger partial charge in [-0.2, -0.15) is 0 Å². The number of hydrogen-bond donors (Lipinski definition) is 0. The first-order valence-corrected chi connectivity index (χ1v) is 7.55. The second kappa shape index (κ2) is 9.19. The molecule has 0 radical (unpaired) electrons. The topological polar surface area (TPSA) is 74.2 Å². The lowest BCUT2D eigenvalue weighted by Crippen LogP contribution is -2.21. The zero-order chi connectivity index (χ0) is 16.5. The minimum Gasteiger partial charge on any atom is -0.481 e. The van der Waals surface area contributed by atoms with E-state index in [1.165, 1.54) is 7.05 Å². The van der Waals surface area contributed by atoms with Crippen molar-refractivity contribution in [2.45, 2.75) is 13.8 Å². The fourth-order valence-electron chi connectivity index (χ4n) is 1.67. The van der Waals surface area contributed by atoms with Gasteiger partial charge in [-0.3, -0.25) is 4.99 Å². The molecule has 0 N–H and O–H groups in total. The van der Waals surface area contributed by atoms with Crippen molar-refractivity contribution in [1.29, 1.82) is 0 Å². The van der Waals surface area contributed by atoms with E-state index >= 15 is 0 Å². The van der Waals surface area contributed by atoms with Crippen LogP contribution < -0.4 is 4.74 Å². The molecule has 120 valence electrons. The molecule has 0 fully saturated rings. The van der Waals surface area contributed by atoms with Crippen molar-refractivity contribution in [2.24, 2.45) is 4.99 Å². The molecule has 22 heavy (non-hydrogen) atoms. The highest BCUT2D eigenvalue weighted by Gasteiger charge is 2.20. The van der Waals surface area contributed by atoms with E-state index in [0.717, 1.165) is 4.47 Å². The number of hydrogen-bond acceptors (Lipinski definition) is 6. The van der Waals surface area contributed by atoms with Gasteiger partial charge in [-0.05, 0) is 32.0 Å². The maximum atomic E-state index is 12.0. The van der Waals surface area contributed by atoms with Crippen LogP contribution in [0, 0.1) is 0 Å². The third-order valence-electron chi connectivity index (χ3n) is 2.54. The van der Waals surface area contributed by atoms with Crippen molar-refractivity contribution in [1.82, 2.24) is 0 Å². The second-order valence-corrected chi connectivity index (χ2v) is 4.94. The van der Waals surface area contributed by atoms with Crippen LogP contribution in [-0.4, -0.2) is 44.5 Å². The van der Waals surface area contributed by atoms with E-state index in [1.807, 2.05) is 0 Å². The molecule has 0 saturated heterocycles.